The number of aliphatic hydroxyl groups is 1. The molecule has 0 aliphatic heterocycles. The van der Waals surface area contributed by atoms with Crippen LogP contribution < -0.4 is 0 Å². The van der Waals surface area contributed by atoms with Crippen LogP contribution in [-0.4, -0.2) is 29.3 Å². The van der Waals surface area contributed by atoms with Gasteiger partial charge in [-0.1, -0.05) is 18.2 Å². The largest absolute Gasteiger partial charge is 0.479 e. The van der Waals surface area contributed by atoms with Crippen LogP contribution in [0.15, 0.2) is 18.2 Å². The number of methoxy groups -OCH3 is 1. The van der Waals surface area contributed by atoms with Crippen molar-refractivity contribution < 1.29 is 24.5 Å². The number of aliphatic hydroxyl groups excluding tert-OH is 1. The predicted molar refractivity (Wildman–Crippen MR) is 64.1 cm³/mol. The molecule has 0 bridgehead atoms. The lowest BCUT2D eigenvalue weighted by Crippen LogP contribution is -2.15. The van der Waals surface area contributed by atoms with Crippen molar-refractivity contribution in [2.24, 2.45) is 0 Å². The minimum absolute atomic E-state index is 0.152. The van der Waals surface area contributed by atoms with Crippen LogP contribution in [0.25, 0.3) is 0 Å². The molecular weight excluding hydrogens is 236 g/mol. The zero-order valence-electron chi connectivity index (χ0n) is 10.3. The van der Waals surface area contributed by atoms with Gasteiger partial charge in [-0.25, -0.2) is 4.79 Å². The Morgan fingerprint density at radius 2 is 2.06 bits per heavy atom. The molecule has 0 aliphatic carbocycles. The number of carbonyl (C=O) groups excluding carboxylic acids is 1. The summed E-state index contributed by atoms with van der Waals surface area (Å²) in [6.45, 7) is 1.73. The quantitative estimate of drug-likeness (QED) is 0.770. The van der Waals surface area contributed by atoms with Gasteiger partial charge in [0.05, 0.1) is 7.11 Å². The van der Waals surface area contributed by atoms with Crippen molar-refractivity contribution in [1.29, 1.82) is 0 Å². The highest BCUT2D eigenvalue weighted by atomic mass is 16.5. The maximum atomic E-state index is 11.1. The Morgan fingerprint density at radius 3 is 2.61 bits per heavy atom. The van der Waals surface area contributed by atoms with E-state index in [4.69, 9.17) is 5.11 Å². The molecule has 0 spiro atoms. The first kappa shape index (κ1) is 14.2. The van der Waals surface area contributed by atoms with E-state index >= 15 is 0 Å². The summed E-state index contributed by atoms with van der Waals surface area (Å²) in [5, 5.41) is 18.5. The maximum absolute atomic E-state index is 11.1. The highest BCUT2D eigenvalue weighted by Crippen LogP contribution is 2.23. The van der Waals surface area contributed by atoms with Gasteiger partial charge in [-0.05, 0) is 30.0 Å². The summed E-state index contributed by atoms with van der Waals surface area (Å²) in [4.78, 5) is 21.9. The number of aliphatic carboxylic acids is 1. The second-order valence-corrected chi connectivity index (χ2v) is 3.96. The van der Waals surface area contributed by atoms with Crippen LogP contribution in [0.2, 0.25) is 0 Å². The number of ether oxygens (including phenoxy) is 1. The molecule has 1 rings (SSSR count). The number of carboxylic acids is 1. The Hall–Kier alpha value is -1.88. The molecule has 18 heavy (non-hydrogen) atoms. The van der Waals surface area contributed by atoms with Crippen LogP contribution in [0.1, 0.15) is 29.2 Å². The molecule has 0 fully saturated rings. The van der Waals surface area contributed by atoms with Gasteiger partial charge in [0.15, 0.2) is 6.10 Å². The van der Waals surface area contributed by atoms with E-state index in [2.05, 4.69) is 4.74 Å². The van der Waals surface area contributed by atoms with Gasteiger partial charge in [-0.15, -0.1) is 0 Å². The minimum Gasteiger partial charge on any atom is -0.479 e. The highest BCUT2D eigenvalue weighted by Gasteiger charge is 2.21. The van der Waals surface area contributed by atoms with Gasteiger partial charge in [0.2, 0.25) is 0 Å². The first-order valence-corrected chi connectivity index (χ1v) is 5.53. The summed E-state index contributed by atoms with van der Waals surface area (Å²) in [7, 11) is 1.30. The molecule has 0 saturated carbocycles. The maximum Gasteiger partial charge on any atom is 0.337 e. The lowest BCUT2D eigenvalue weighted by Gasteiger charge is -2.15. The lowest BCUT2D eigenvalue weighted by molar-refractivity contribution is -0.147. The van der Waals surface area contributed by atoms with Crippen molar-refractivity contribution in [2.75, 3.05) is 7.11 Å². The molecule has 1 atom stereocenters. The smallest absolute Gasteiger partial charge is 0.337 e. The third-order valence-corrected chi connectivity index (χ3v) is 2.75. The second kappa shape index (κ2) is 6.16. The predicted octanol–water partition coefficient (Wildman–Crippen LogP) is 1.22. The molecule has 1 unspecified atom stereocenters. The van der Waals surface area contributed by atoms with Gasteiger partial charge >= 0.3 is 11.9 Å². The van der Waals surface area contributed by atoms with Gasteiger partial charge in [-0.3, -0.25) is 4.79 Å². The molecular formula is C13H16O5. The van der Waals surface area contributed by atoms with Gasteiger partial charge in [0.1, 0.15) is 0 Å². The van der Waals surface area contributed by atoms with E-state index in [1.165, 1.54) is 7.11 Å². The Kier molecular flexibility index (Phi) is 4.85. The first-order chi connectivity index (χ1) is 8.47. The average molecular weight is 252 g/mol. The molecule has 0 radical (unpaired) electrons. The van der Waals surface area contributed by atoms with Crippen molar-refractivity contribution >= 4 is 11.9 Å². The zero-order chi connectivity index (χ0) is 13.7. The van der Waals surface area contributed by atoms with Crippen molar-refractivity contribution in [3.8, 4) is 0 Å². The molecule has 5 heteroatoms. The monoisotopic (exact) mass is 252 g/mol. The molecule has 0 aliphatic rings. The van der Waals surface area contributed by atoms with E-state index < -0.39 is 12.1 Å². The van der Waals surface area contributed by atoms with E-state index in [1.807, 2.05) is 0 Å². The third kappa shape index (κ3) is 3.30. The van der Waals surface area contributed by atoms with E-state index in [-0.39, 0.29) is 12.4 Å². The van der Waals surface area contributed by atoms with E-state index in [0.717, 1.165) is 0 Å². The number of benzene rings is 1. The van der Waals surface area contributed by atoms with Crippen LogP contribution in [0.5, 0.6) is 0 Å². The van der Waals surface area contributed by atoms with Crippen molar-refractivity contribution in [3.63, 3.8) is 0 Å². The molecule has 0 heterocycles. The summed E-state index contributed by atoms with van der Waals surface area (Å²) in [5.41, 5.74) is 1.69. The molecule has 0 aromatic heterocycles. The standard InChI is InChI=1S/C13H16O5/c1-8-4-3-5-9(6-7-10(14)18-2)11(8)12(15)13(16)17/h3-5,12,15H,6-7H2,1-2H3,(H,16,17). The summed E-state index contributed by atoms with van der Waals surface area (Å²) < 4.78 is 4.53. The number of hydrogen-bond acceptors (Lipinski definition) is 4. The third-order valence-electron chi connectivity index (χ3n) is 2.75. The Balaban J connectivity index is 3.00. The molecule has 0 amide bonds. The summed E-state index contributed by atoms with van der Waals surface area (Å²) in [6, 6.07) is 5.20. The number of rotatable bonds is 5. The molecule has 1 aromatic carbocycles. The van der Waals surface area contributed by atoms with Crippen LogP contribution in [0, 0.1) is 6.92 Å². The van der Waals surface area contributed by atoms with Gasteiger partial charge in [0.25, 0.3) is 0 Å². The van der Waals surface area contributed by atoms with Crippen LogP contribution in [-0.2, 0) is 20.7 Å². The normalized spacial score (nSPS) is 11.9. The van der Waals surface area contributed by atoms with Crippen molar-refractivity contribution in [3.05, 3.63) is 34.9 Å². The van der Waals surface area contributed by atoms with Crippen molar-refractivity contribution in [1.82, 2.24) is 0 Å². The Morgan fingerprint density at radius 1 is 1.39 bits per heavy atom. The molecule has 98 valence electrons. The topological polar surface area (TPSA) is 83.8 Å². The number of hydrogen-bond donors (Lipinski definition) is 2. The second-order valence-electron chi connectivity index (χ2n) is 3.96. The Labute approximate surface area is 105 Å². The fourth-order valence-electron chi connectivity index (χ4n) is 1.81. The molecule has 0 saturated heterocycles. The van der Waals surface area contributed by atoms with Gasteiger partial charge < -0.3 is 14.9 Å². The van der Waals surface area contributed by atoms with E-state index in [1.54, 1.807) is 25.1 Å². The number of esters is 1. The average Bonchev–Trinajstić information content (AvgIpc) is 2.35. The van der Waals surface area contributed by atoms with Crippen LogP contribution in [0.4, 0.5) is 0 Å². The SMILES string of the molecule is COC(=O)CCc1cccc(C)c1C(O)C(=O)O. The summed E-state index contributed by atoms with van der Waals surface area (Å²) in [6.07, 6.45) is -1.08. The Bertz CT molecular complexity index is 453. The molecule has 5 nitrogen and oxygen atoms in total. The first-order valence-electron chi connectivity index (χ1n) is 5.53. The number of carboxylic acid groups (broad SMARTS) is 1. The minimum atomic E-state index is -1.57. The van der Waals surface area contributed by atoms with Crippen molar-refractivity contribution in [2.45, 2.75) is 25.9 Å². The fraction of sp³-hybridized carbons (Fsp3) is 0.385. The molecule has 1 aromatic rings. The fourth-order valence-corrected chi connectivity index (χ4v) is 1.81. The highest BCUT2D eigenvalue weighted by molar-refractivity contribution is 5.75. The zero-order valence-corrected chi connectivity index (χ0v) is 10.3. The van der Waals surface area contributed by atoms with E-state index in [0.29, 0.717) is 23.1 Å². The van der Waals surface area contributed by atoms with Gasteiger partial charge in [-0.2, -0.15) is 0 Å². The summed E-state index contributed by atoms with van der Waals surface area (Å²) in [5.74, 6) is -1.67. The van der Waals surface area contributed by atoms with Crippen LogP contribution in [0.3, 0.4) is 0 Å². The number of carbonyl (C=O) groups is 2. The van der Waals surface area contributed by atoms with Gasteiger partial charge in [0, 0.05) is 6.42 Å². The summed E-state index contributed by atoms with van der Waals surface area (Å²) >= 11 is 0. The lowest BCUT2D eigenvalue weighted by atomic mass is 9.94. The molecule has 2 N–H and O–H groups in total. The van der Waals surface area contributed by atoms with E-state index in [9.17, 15) is 14.7 Å². The number of aryl methyl sites for hydroxylation is 2. The van der Waals surface area contributed by atoms with Crippen LogP contribution >= 0.6 is 0 Å².